The van der Waals surface area contributed by atoms with Gasteiger partial charge in [-0.3, -0.25) is 14.2 Å². The van der Waals surface area contributed by atoms with E-state index in [9.17, 15) is 32.3 Å². The van der Waals surface area contributed by atoms with E-state index < -0.39 is 47.0 Å². The van der Waals surface area contributed by atoms with Crippen LogP contribution in [0.2, 0.25) is 5.15 Å². The number of hydrogen-bond acceptors (Lipinski definition) is 9. The lowest BCUT2D eigenvalue weighted by atomic mass is 9.94. The summed E-state index contributed by atoms with van der Waals surface area (Å²) in [6.07, 6.45) is -4.83. The number of hydrogen-bond donors (Lipinski definition) is 4. The third kappa shape index (κ3) is 10.4. The van der Waals surface area contributed by atoms with E-state index in [4.69, 9.17) is 21.1 Å². The molecule has 1 aliphatic rings. The molecule has 300 valence electrons. The van der Waals surface area contributed by atoms with Crippen LogP contribution in [0.4, 0.5) is 28.6 Å². The van der Waals surface area contributed by atoms with Gasteiger partial charge in [0.25, 0.3) is 5.56 Å². The summed E-state index contributed by atoms with van der Waals surface area (Å²) >= 11 is 6.68. The number of nitrogens with zero attached hydrogens (tertiary/aromatic N) is 3. The standard InChI is InChI=1S/C41H37ClF3N7O6/c1-40(50-38(55)57-24-28-9-4-2-5-10-28)20-32(52-33(40)34(42)49-35(37(52)54)46-22-30-13-8-14-31(19-30)41(43,44)45)36(53)47-21-26-15-17-27(18-16-26)23-48-51-39(56)58-25-29-11-6-3-7-12-29/h2-19,23,32H,20-22,24-25H2,1H3,(H,46,49)(H,47,53)(H,50,55)(H,51,56)/t32-,40+/m0/s1. The number of rotatable bonds is 13. The number of alkyl carbamates (subject to hydrolysis) is 1. The minimum Gasteiger partial charge on any atom is -0.445 e. The molecular weight excluding hydrogens is 779 g/mol. The molecule has 1 aliphatic heterocycles. The number of benzene rings is 4. The van der Waals surface area contributed by atoms with Gasteiger partial charge in [0, 0.05) is 19.5 Å². The summed E-state index contributed by atoms with van der Waals surface area (Å²) in [7, 11) is 0. The first kappa shape index (κ1) is 41.0. The van der Waals surface area contributed by atoms with E-state index in [1.807, 2.05) is 36.4 Å². The third-order valence-corrected chi connectivity index (χ3v) is 9.40. The molecule has 5 aromatic rings. The van der Waals surface area contributed by atoms with Gasteiger partial charge in [-0.05, 0) is 46.9 Å². The van der Waals surface area contributed by atoms with Gasteiger partial charge in [-0.15, -0.1) is 0 Å². The smallest absolute Gasteiger partial charge is 0.428 e. The lowest BCUT2D eigenvalue weighted by Crippen LogP contribution is -2.43. The number of carbonyl (C=O) groups excluding carboxylic acids is 3. The highest BCUT2D eigenvalue weighted by atomic mass is 35.5. The average Bonchev–Trinajstić information content (AvgIpc) is 3.53. The van der Waals surface area contributed by atoms with Gasteiger partial charge in [-0.2, -0.15) is 18.3 Å². The van der Waals surface area contributed by atoms with Crippen molar-refractivity contribution in [3.8, 4) is 0 Å². The molecule has 0 saturated heterocycles. The maximum absolute atomic E-state index is 14.0. The van der Waals surface area contributed by atoms with Crippen LogP contribution in [0.1, 0.15) is 58.5 Å². The number of nitrogens with one attached hydrogen (secondary N) is 4. The highest BCUT2D eigenvalue weighted by Crippen LogP contribution is 2.42. The summed E-state index contributed by atoms with van der Waals surface area (Å²) in [6.45, 7) is 1.45. The average molecular weight is 816 g/mol. The molecule has 0 bridgehead atoms. The van der Waals surface area contributed by atoms with Crippen molar-refractivity contribution < 1.29 is 37.0 Å². The van der Waals surface area contributed by atoms with Crippen LogP contribution in [0, 0.1) is 0 Å². The maximum Gasteiger partial charge on any atom is 0.428 e. The molecule has 2 heterocycles. The van der Waals surface area contributed by atoms with Gasteiger partial charge >= 0.3 is 18.4 Å². The van der Waals surface area contributed by atoms with Gasteiger partial charge in [0.1, 0.15) is 19.3 Å². The number of alkyl halides is 3. The fraction of sp³-hybridized carbons (Fsp3) is 0.220. The van der Waals surface area contributed by atoms with Gasteiger partial charge in [0.2, 0.25) is 5.91 Å². The Hall–Kier alpha value is -6.68. The quantitative estimate of drug-likeness (QED) is 0.0717. The Labute approximate surface area is 335 Å². The topological polar surface area (TPSA) is 165 Å². The molecule has 0 aliphatic carbocycles. The molecule has 17 heteroatoms. The number of fused-ring (bicyclic) bond motifs is 1. The van der Waals surface area contributed by atoms with Crippen LogP contribution in [0.5, 0.6) is 0 Å². The summed E-state index contributed by atoms with van der Waals surface area (Å²) in [6, 6.07) is 28.4. The molecule has 0 radical (unpaired) electrons. The molecule has 0 spiro atoms. The lowest BCUT2D eigenvalue weighted by molar-refractivity contribution is -0.137. The fourth-order valence-corrected chi connectivity index (χ4v) is 6.67. The fourth-order valence-electron chi connectivity index (χ4n) is 6.29. The van der Waals surface area contributed by atoms with Gasteiger partial charge in [0.05, 0.1) is 23.0 Å². The highest BCUT2D eigenvalue weighted by Gasteiger charge is 2.48. The predicted molar refractivity (Wildman–Crippen MR) is 209 cm³/mol. The predicted octanol–water partition coefficient (Wildman–Crippen LogP) is 7.19. The van der Waals surface area contributed by atoms with Crippen molar-refractivity contribution in [1.29, 1.82) is 0 Å². The van der Waals surface area contributed by atoms with Crippen LogP contribution in [-0.2, 0) is 52.3 Å². The number of carbonyl (C=O) groups is 3. The van der Waals surface area contributed by atoms with E-state index in [2.05, 4.69) is 31.5 Å². The molecule has 6 rings (SSSR count). The van der Waals surface area contributed by atoms with E-state index in [1.165, 1.54) is 18.3 Å². The molecule has 58 heavy (non-hydrogen) atoms. The number of ether oxygens (including phenoxy) is 2. The molecular formula is C41H37ClF3N7O6. The molecule has 13 nitrogen and oxygen atoms in total. The monoisotopic (exact) mass is 815 g/mol. The second-order valence-electron chi connectivity index (χ2n) is 13.5. The maximum atomic E-state index is 14.0. The normalized spacial score (nSPS) is 16.0. The Kier molecular flexibility index (Phi) is 12.8. The number of amides is 3. The molecule has 0 saturated carbocycles. The van der Waals surface area contributed by atoms with Crippen molar-refractivity contribution in [3.63, 3.8) is 0 Å². The lowest BCUT2D eigenvalue weighted by Gasteiger charge is -2.26. The summed E-state index contributed by atoms with van der Waals surface area (Å²) in [4.78, 5) is 57.2. The Morgan fingerprint density at radius 2 is 1.48 bits per heavy atom. The van der Waals surface area contributed by atoms with Crippen molar-refractivity contribution in [1.82, 2.24) is 25.6 Å². The largest absolute Gasteiger partial charge is 0.445 e. The molecule has 3 amide bonds. The molecule has 0 unspecified atom stereocenters. The second kappa shape index (κ2) is 18.1. The molecule has 1 aromatic heterocycles. The van der Waals surface area contributed by atoms with Crippen LogP contribution in [0.3, 0.4) is 0 Å². The summed E-state index contributed by atoms with van der Waals surface area (Å²) in [5.41, 5.74) is 2.38. The molecule has 4 aromatic carbocycles. The molecule has 2 atom stereocenters. The Morgan fingerprint density at radius 3 is 2.12 bits per heavy atom. The first-order valence-electron chi connectivity index (χ1n) is 17.9. The highest BCUT2D eigenvalue weighted by molar-refractivity contribution is 6.30. The first-order chi connectivity index (χ1) is 27.8. The van der Waals surface area contributed by atoms with Gasteiger partial charge < -0.3 is 25.4 Å². The van der Waals surface area contributed by atoms with Crippen molar-refractivity contribution in [2.24, 2.45) is 5.10 Å². The molecule has 4 N–H and O–H groups in total. The number of hydrazone groups is 1. The Bertz CT molecular complexity index is 2350. The SMILES string of the molecule is C[C@@]1(NC(=O)OCc2ccccc2)C[C@@H](C(=O)NCc2ccc(C=NNC(=O)OCc3ccccc3)cc2)n2c1c(Cl)nc(NCc1cccc(C(F)(F)F)c1)c2=O. The van der Waals surface area contributed by atoms with Crippen LogP contribution in [0.15, 0.2) is 119 Å². The first-order valence-corrected chi connectivity index (χ1v) is 18.2. The zero-order valence-electron chi connectivity index (χ0n) is 30.9. The zero-order valence-corrected chi connectivity index (χ0v) is 31.6. The second-order valence-corrected chi connectivity index (χ2v) is 13.8. The van der Waals surface area contributed by atoms with Gasteiger partial charge in [-0.25, -0.2) is 20.0 Å². The number of halogens is 4. The Balaban J connectivity index is 1.15. The number of aromatic nitrogens is 2. The van der Waals surface area contributed by atoms with E-state index in [0.717, 1.165) is 27.8 Å². The van der Waals surface area contributed by atoms with Crippen LogP contribution < -0.4 is 26.9 Å². The van der Waals surface area contributed by atoms with E-state index in [-0.39, 0.29) is 55.0 Å². The minimum atomic E-state index is -4.57. The van der Waals surface area contributed by atoms with Crippen LogP contribution in [0.25, 0.3) is 0 Å². The van der Waals surface area contributed by atoms with Crippen LogP contribution >= 0.6 is 11.6 Å². The van der Waals surface area contributed by atoms with Crippen LogP contribution in [-0.4, -0.2) is 33.9 Å². The van der Waals surface area contributed by atoms with Crippen molar-refractivity contribution in [3.05, 3.63) is 164 Å². The molecule has 0 fully saturated rings. The van der Waals surface area contributed by atoms with E-state index in [1.54, 1.807) is 55.5 Å². The number of anilines is 1. The zero-order chi connectivity index (χ0) is 41.3. The summed E-state index contributed by atoms with van der Waals surface area (Å²) in [5.74, 6) is -0.891. The van der Waals surface area contributed by atoms with Crippen molar-refractivity contribution in [2.45, 2.75) is 57.4 Å². The van der Waals surface area contributed by atoms with Crippen molar-refractivity contribution in [2.75, 3.05) is 5.32 Å². The van der Waals surface area contributed by atoms with E-state index in [0.29, 0.717) is 11.1 Å². The summed E-state index contributed by atoms with van der Waals surface area (Å²) in [5, 5.41) is 12.0. The van der Waals surface area contributed by atoms with Gasteiger partial charge in [-0.1, -0.05) is 109 Å². The van der Waals surface area contributed by atoms with E-state index >= 15 is 0 Å². The minimum absolute atomic E-state index is 0.0433. The third-order valence-electron chi connectivity index (χ3n) is 9.14. The van der Waals surface area contributed by atoms with Gasteiger partial charge in [0.15, 0.2) is 11.0 Å². The Morgan fingerprint density at radius 1 is 0.862 bits per heavy atom. The summed E-state index contributed by atoms with van der Waals surface area (Å²) < 4.78 is 51.7. The van der Waals surface area contributed by atoms with Crippen molar-refractivity contribution >= 4 is 41.7 Å².